The van der Waals surface area contributed by atoms with Crippen LogP contribution < -0.4 is 19.5 Å². The number of anilines is 1. The van der Waals surface area contributed by atoms with Crippen molar-refractivity contribution in [3.05, 3.63) is 83.9 Å². The van der Waals surface area contributed by atoms with Gasteiger partial charge in [0, 0.05) is 22.9 Å². The molecule has 32 heavy (non-hydrogen) atoms. The molecule has 7 nitrogen and oxygen atoms in total. The van der Waals surface area contributed by atoms with Crippen LogP contribution >= 0.6 is 0 Å². The second-order valence-electron chi connectivity index (χ2n) is 6.85. The Balaban J connectivity index is 1.77. The zero-order valence-electron chi connectivity index (χ0n) is 18.2. The highest BCUT2D eigenvalue weighted by Crippen LogP contribution is 2.27. The first-order chi connectivity index (χ1) is 15.5. The molecule has 0 aromatic heterocycles. The molecule has 1 atom stereocenters. The van der Waals surface area contributed by atoms with Crippen molar-refractivity contribution in [3.8, 4) is 17.2 Å². The van der Waals surface area contributed by atoms with Gasteiger partial charge in [-0.15, -0.1) is 0 Å². The number of hydrogen-bond donors (Lipinski definition) is 1. The molecule has 3 aromatic rings. The first-order valence-corrected chi connectivity index (χ1v) is 9.94. The predicted molar refractivity (Wildman–Crippen MR) is 120 cm³/mol. The smallest absolute Gasteiger partial charge is 0.311 e. The fourth-order valence-corrected chi connectivity index (χ4v) is 3.11. The number of carbonyl (C=O) groups is 2. The van der Waals surface area contributed by atoms with Crippen molar-refractivity contribution in [2.45, 2.75) is 12.5 Å². The van der Waals surface area contributed by atoms with Crippen LogP contribution in [-0.4, -0.2) is 33.2 Å². The number of esters is 1. The lowest BCUT2D eigenvalue weighted by Gasteiger charge is -2.19. The summed E-state index contributed by atoms with van der Waals surface area (Å²) in [5.41, 5.74) is 1.75. The standard InChI is InChI=1S/C25H25NO6/c1-29-20-13-10-19(11-14-20)26-25(28)24(17-7-5-4-6-8-17)32-23(27)15-18-9-12-21(30-2)16-22(18)31-3/h4-14,16,24H,15H2,1-3H3,(H,26,28). The van der Waals surface area contributed by atoms with Crippen molar-refractivity contribution in [1.82, 2.24) is 0 Å². The molecule has 1 amide bonds. The second-order valence-corrected chi connectivity index (χ2v) is 6.85. The van der Waals surface area contributed by atoms with Gasteiger partial charge in [0.05, 0.1) is 27.8 Å². The number of rotatable bonds is 9. The molecule has 0 aliphatic heterocycles. The topological polar surface area (TPSA) is 83.1 Å². The lowest BCUT2D eigenvalue weighted by Crippen LogP contribution is -2.26. The number of benzene rings is 3. The van der Waals surface area contributed by atoms with Gasteiger partial charge in [-0.25, -0.2) is 0 Å². The summed E-state index contributed by atoms with van der Waals surface area (Å²) in [4.78, 5) is 25.8. The predicted octanol–water partition coefficient (Wildman–Crippen LogP) is 4.18. The highest BCUT2D eigenvalue weighted by Gasteiger charge is 2.26. The van der Waals surface area contributed by atoms with Crippen LogP contribution in [0, 0.1) is 0 Å². The van der Waals surface area contributed by atoms with Crippen LogP contribution in [0.3, 0.4) is 0 Å². The van der Waals surface area contributed by atoms with E-state index in [2.05, 4.69) is 5.32 Å². The number of methoxy groups -OCH3 is 3. The third kappa shape index (κ3) is 5.78. The Hall–Kier alpha value is -4.00. The summed E-state index contributed by atoms with van der Waals surface area (Å²) in [6.45, 7) is 0. The Morgan fingerprint density at radius 1 is 0.812 bits per heavy atom. The fraction of sp³-hybridized carbons (Fsp3) is 0.200. The summed E-state index contributed by atoms with van der Waals surface area (Å²) < 4.78 is 21.3. The zero-order valence-corrected chi connectivity index (χ0v) is 18.2. The van der Waals surface area contributed by atoms with Gasteiger partial charge >= 0.3 is 5.97 Å². The van der Waals surface area contributed by atoms with Crippen molar-refractivity contribution >= 4 is 17.6 Å². The van der Waals surface area contributed by atoms with Gasteiger partial charge in [-0.1, -0.05) is 36.4 Å². The molecule has 0 saturated carbocycles. The van der Waals surface area contributed by atoms with Crippen molar-refractivity contribution in [3.63, 3.8) is 0 Å². The summed E-state index contributed by atoms with van der Waals surface area (Å²) in [6.07, 6.45) is -1.18. The normalized spacial score (nSPS) is 11.2. The molecule has 0 aliphatic rings. The third-order valence-electron chi connectivity index (χ3n) is 4.78. The number of amides is 1. The van der Waals surface area contributed by atoms with Gasteiger partial charge in [0.2, 0.25) is 6.10 Å². The molecule has 0 saturated heterocycles. The van der Waals surface area contributed by atoms with Crippen LogP contribution in [0.1, 0.15) is 17.2 Å². The maximum Gasteiger partial charge on any atom is 0.311 e. The fourth-order valence-electron chi connectivity index (χ4n) is 3.11. The first kappa shape index (κ1) is 22.7. The molecule has 0 aliphatic carbocycles. The van der Waals surface area contributed by atoms with Gasteiger partial charge < -0.3 is 24.3 Å². The molecule has 7 heteroatoms. The van der Waals surface area contributed by atoms with Crippen molar-refractivity contribution in [1.29, 1.82) is 0 Å². The van der Waals surface area contributed by atoms with Gasteiger partial charge in [-0.2, -0.15) is 0 Å². The molecular formula is C25H25NO6. The van der Waals surface area contributed by atoms with Crippen LogP contribution in [0.4, 0.5) is 5.69 Å². The van der Waals surface area contributed by atoms with E-state index in [0.29, 0.717) is 34.1 Å². The SMILES string of the molecule is COc1ccc(NC(=O)C(OC(=O)Cc2ccc(OC)cc2OC)c2ccccc2)cc1. The lowest BCUT2D eigenvalue weighted by atomic mass is 10.1. The van der Waals surface area contributed by atoms with Crippen LogP contribution in [0.15, 0.2) is 72.8 Å². The van der Waals surface area contributed by atoms with Gasteiger partial charge in [-0.3, -0.25) is 9.59 Å². The van der Waals surface area contributed by atoms with E-state index >= 15 is 0 Å². The van der Waals surface area contributed by atoms with Crippen LogP contribution in [-0.2, 0) is 20.7 Å². The Labute approximate surface area is 186 Å². The molecule has 0 spiro atoms. The maximum atomic E-state index is 13.0. The minimum atomic E-state index is -1.12. The van der Waals surface area contributed by atoms with Crippen LogP contribution in [0.5, 0.6) is 17.2 Å². The van der Waals surface area contributed by atoms with Crippen molar-refractivity contribution in [2.24, 2.45) is 0 Å². The Morgan fingerprint density at radius 2 is 1.47 bits per heavy atom. The highest BCUT2D eigenvalue weighted by atomic mass is 16.5. The summed E-state index contributed by atoms with van der Waals surface area (Å²) >= 11 is 0. The number of nitrogens with one attached hydrogen (secondary N) is 1. The Morgan fingerprint density at radius 3 is 2.09 bits per heavy atom. The molecular weight excluding hydrogens is 410 g/mol. The van der Waals surface area contributed by atoms with E-state index in [4.69, 9.17) is 18.9 Å². The average molecular weight is 435 g/mol. The highest BCUT2D eigenvalue weighted by molar-refractivity contribution is 5.96. The van der Waals surface area contributed by atoms with Crippen molar-refractivity contribution in [2.75, 3.05) is 26.6 Å². The molecule has 1 N–H and O–H groups in total. The largest absolute Gasteiger partial charge is 0.497 e. The molecule has 3 aromatic carbocycles. The van der Waals surface area contributed by atoms with E-state index in [-0.39, 0.29) is 6.42 Å². The summed E-state index contributed by atoms with van der Waals surface area (Å²) in [7, 11) is 4.63. The maximum absolute atomic E-state index is 13.0. The number of ether oxygens (including phenoxy) is 4. The summed E-state index contributed by atoms with van der Waals surface area (Å²) in [6, 6.07) is 20.9. The minimum absolute atomic E-state index is 0.0632. The van der Waals surface area contributed by atoms with E-state index in [9.17, 15) is 9.59 Å². The van der Waals surface area contributed by atoms with E-state index in [1.807, 2.05) is 6.07 Å². The average Bonchev–Trinajstić information content (AvgIpc) is 2.83. The first-order valence-electron chi connectivity index (χ1n) is 9.94. The zero-order chi connectivity index (χ0) is 22.9. The number of carbonyl (C=O) groups excluding carboxylic acids is 2. The molecule has 0 fully saturated rings. The monoisotopic (exact) mass is 435 g/mol. The van der Waals surface area contributed by atoms with Gasteiger partial charge in [0.15, 0.2) is 0 Å². The second kappa shape index (κ2) is 10.9. The van der Waals surface area contributed by atoms with Crippen LogP contribution in [0.25, 0.3) is 0 Å². The lowest BCUT2D eigenvalue weighted by molar-refractivity contribution is -0.154. The molecule has 0 radical (unpaired) electrons. The van der Waals surface area contributed by atoms with E-state index in [0.717, 1.165) is 0 Å². The number of hydrogen-bond acceptors (Lipinski definition) is 6. The Kier molecular flexibility index (Phi) is 7.70. The van der Waals surface area contributed by atoms with Gasteiger partial charge in [0.25, 0.3) is 5.91 Å². The Bertz CT molecular complexity index is 1050. The summed E-state index contributed by atoms with van der Waals surface area (Å²) in [5.74, 6) is 0.756. The molecule has 0 bridgehead atoms. The molecule has 3 rings (SSSR count). The van der Waals surface area contributed by atoms with E-state index in [1.54, 1.807) is 80.9 Å². The van der Waals surface area contributed by atoms with E-state index in [1.165, 1.54) is 7.11 Å². The molecule has 1 unspecified atom stereocenters. The van der Waals surface area contributed by atoms with Crippen molar-refractivity contribution < 1.29 is 28.5 Å². The molecule has 0 heterocycles. The van der Waals surface area contributed by atoms with Crippen LogP contribution in [0.2, 0.25) is 0 Å². The third-order valence-corrected chi connectivity index (χ3v) is 4.78. The quantitative estimate of drug-likeness (QED) is 0.508. The van der Waals surface area contributed by atoms with Gasteiger partial charge in [0.1, 0.15) is 17.2 Å². The minimum Gasteiger partial charge on any atom is -0.497 e. The van der Waals surface area contributed by atoms with Gasteiger partial charge in [-0.05, 0) is 30.3 Å². The molecule has 166 valence electrons. The van der Waals surface area contributed by atoms with E-state index < -0.39 is 18.0 Å². The summed E-state index contributed by atoms with van der Waals surface area (Å²) in [5, 5.41) is 2.79.